The van der Waals surface area contributed by atoms with Crippen molar-refractivity contribution in [2.45, 2.75) is 13.1 Å². The van der Waals surface area contributed by atoms with Gasteiger partial charge in [0.05, 0.1) is 37.7 Å². The number of alkyl halides is 3. The van der Waals surface area contributed by atoms with Gasteiger partial charge in [0.25, 0.3) is 5.91 Å². The van der Waals surface area contributed by atoms with Crippen LogP contribution in [0.2, 0.25) is 0 Å². The smallest absolute Gasteiger partial charge is 0.435 e. The summed E-state index contributed by atoms with van der Waals surface area (Å²) >= 11 is 0. The number of carbonyl (C=O) groups excluding carboxylic acids is 2. The van der Waals surface area contributed by atoms with Gasteiger partial charge in [-0.3, -0.25) is 4.79 Å². The molecule has 10 heteroatoms. The number of nitrogens with zero attached hydrogens (tertiary/aromatic N) is 2. The van der Waals surface area contributed by atoms with Crippen molar-refractivity contribution in [3.63, 3.8) is 0 Å². The van der Waals surface area contributed by atoms with E-state index in [0.29, 0.717) is 22.1 Å². The summed E-state index contributed by atoms with van der Waals surface area (Å²) in [6.07, 6.45) is -3.78. The van der Waals surface area contributed by atoms with Gasteiger partial charge in [0, 0.05) is 0 Å². The molecule has 0 radical (unpaired) electrons. The average Bonchev–Trinajstić information content (AvgIpc) is 3.10. The fraction of sp³-hybridized carbons (Fsp3) is 0.227. The van der Waals surface area contributed by atoms with Crippen molar-refractivity contribution in [2.75, 3.05) is 25.8 Å². The molecule has 7 nitrogen and oxygen atoms in total. The minimum atomic E-state index is -4.86. The molecule has 1 aliphatic heterocycles. The average molecular weight is 448 g/mol. The second-order valence-corrected chi connectivity index (χ2v) is 6.50. The minimum absolute atomic E-state index is 0.0699. The molecule has 0 spiro atoms. The number of esters is 1. The van der Waals surface area contributed by atoms with Gasteiger partial charge in [-0.15, -0.1) is 0 Å². The fourth-order valence-electron chi connectivity index (χ4n) is 2.99. The molecule has 0 unspecified atom stereocenters. The first-order valence-electron chi connectivity index (χ1n) is 9.41. The number of halogens is 3. The number of ether oxygens (including phenoxy) is 3. The lowest BCUT2D eigenvalue weighted by atomic mass is 10.1. The highest BCUT2D eigenvalue weighted by molar-refractivity contribution is 6.34. The van der Waals surface area contributed by atoms with Gasteiger partial charge in [0.1, 0.15) is 0 Å². The van der Waals surface area contributed by atoms with E-state index in [9.17, 15) is 22.8 Å². The molecule has 0 bridgehead atoms. The van der Waals surface area contributed by atoms with E-state index in [2.05, 4.69) is 5.10 Å². The molecule has 0 N–H and O–H groups in total. The Kier molecular flexibility index (Phi) is 6.52. The van der Waals surface area contributed by atoms with Crippen LogP contribution in [0.5, 0.6) is 11.5 Å². The summed E-state index contributed by atoms with van der Waals surface area (Å²) in [4.78, 5) is 24.6. The van der Waals surface area contributed by atoms with Crippen LogP contribution in [0.4, 0.5) is 18.9 Å². The van der Waals surface area contributed by atoms with Crippen molar-refractivity contribution in [1.82, 2.24) is 0 Å². The quantitative estimate of drug-likeness (QED) is 0.488. The fourth-order valence-corrected chi connectivity index (χ4v) is 2.99. The maximum atomic E-state index is 13.6. The lowest BCUT2D eigenvalue weighted by Crippen LogP contribution is -2.25. The first-order valence-corrected chi connectivity index (χ1v) is 9.41. The summed E-state index contributed by atoms with van der Waals surface area (Å²) in [5.41, 5.74) is -1.39. The van der Waals surface area contributed by atoms with Crippen LogP contribution in [0.3, 0.4) is 0 Å². The Bertz CT molecular complexity index is 1090. The van der Waals surface area contributed by atoms with Crippen molar-refractivity contribution in [3.8, 4) is 11.5 Å². The Hall–Kier alpha value is -3.82. The van der Waals surface area contributed by atoms with Crippen molar-refractivity contribution >= 4 is 29.4 Å². The number of amides is 1. The van der Waals surface area contributed by atoms with Crippen LogP contribution in [-0.4, -0.2) is 44.6 Å². The molecule has 3 rings (SSSR count). The highest BCUT2D eigenvalue weighted by Crippen LogP contribution is 2.34. The second kappa shape index (κ2) is 9.13. The lowest BCUT2D eigenvalue weighted by molar-refractivity contribution is -0.114. The maximum absolute atomic E-state index is 13.6. The summed E-state index contributed by atoms with van der Waals surface area (Å²) in [5, 5.41) is 4.15. The number of hydrazone groups is 1. The Morgan fingerprint density at radius 2 is 1.72 bits per heavy atom. The van der Waals surface area contributed by atoms with Gasteiger partial charge in [-0.1, -0.05) is 6.07 Å². The number of methoxy groups -OCH3 is 2. The van der Waals surface area contributed by atoms with Gasteiger partial charge in [-0.2, -0.15) is 23.3 Å². The summed E-state index contributed by atoms with van der Waals surface area (Å²) in [5.74, 6) is -0.860. The minimum Gasteiger partial charge on any atom is -0.493 e. The van der Waals surface area contributed by atoms with Crippen LogP contribution in [0.25, 0.3) is 6.08 Å². The third-order valence-corrected chi connectivity index (χ3v) is 4.49. The number of benzene rings is 2. The van der Waals surface area contributed by atoms with Crippen LogP contribution in [-0.2, 0) is 9.53 Å². The van der Waals surface area contributed by atoms with E-state index in [-0.39, 0.29) is 17.9 Å². The summed E-state index contributed by atoms with van der Waals surface area (Å²) < 4.78 is 56.1. The molecule has 168 valence electrons. The molecule has 1 heterocycles. The molecular weight excluding hydrogens is 429 g/mol. The molecule has 0 fully saturated rings. The molecule has 0 saturated carbocycles. The zero-order valence-corrected chi connectivity index (χ0v) is 17.4. The molecule has 0 aromatic heterocycles. The van der Waals surface area contributed by atoms with Crippen molar-refractivity contribution in [3.05, 3.63) is 59.2 Å². The number of carbonyl (C=O) groups is 2. The SMILES string of the molecule is CCOC(=O)c1ccc(N2N=C(C(F)(F)F)C(=Cc3ccc(OC)c(OC)c3)C2=O)cc1. The van der Waals surface area contributed by atoms with E-state index in [1.54, 1.807) is 6.92 Å². The van der Waals surface area contributed by atoms with E-state index in [4.69, 9.17) is 14.2 Å². The Morgan fingerprint density at radius 3 is 2.28 bits per heavy atom. The lowest BCUT2D eigenvalue weighted by Gasteiger charge is -2.12. The number of hydrogen-bond donors (Lipinski definition) is 0. The van der Waals surface area contributed by atoms with E-state index >= 15 is 0 Å². The zero-order chi connectivity index (χ0) is 23.5. The standard InChI is InChI=1S/C22H19F3N2O5/c1-4-32-21(29)14-6-8-15(9-7-14)27-20(28)16(19(26-27)22(23,24)25)11-13-5-10-17(30-2)18(12-13)31-3/h5-12H,4H2,1-3H3. The molecule has 0 atom stereocenters. The molecule has 1 aliphatic rings. The Balaban J connectivity index is 1.99. The molecule has 0 saturated heterocycles. The van der Waals surface area contributed by atoms with E-state index in [0.717, 1.165) is 6.08 Å². The zero-order valence-electron chi connectivity index (χ0n) is 17.4. The Morgan fingerprint density at radius 1 is 1.06 bits per heavy atom. The molecule has 2 aromatic rings. The molecule has 2 aromatic carbocycles. The van der Waals surface area contributed by atoms with Gasteiger partial charge in [0.15, 0.2) is 17.2 Å². The van der Waals surface area contributed by atoms with Crippen LogP contribution < -0.4 is 14.5 Å². The van der Waals surface area contributed by atoms with Crippen LogP contribution >= 0.6 is 0 Å². The van der Waals surface area contributed by atoms with Crippen LogP contribution in [0.1, 0.15) is 22.8 Å². The highest BCUT2D eigenvalue weighted by Gasteiger charge is 2.46. The summed E-state index contributed by atoms with van der Waals surface area (Å²) in [6.45, 7) is 1.82. The second-order valence-electron chi connectivity index (χ2n) is 6.50. The van der Waals surface area contributed by atoms with E-state index in [1.165, 1.54) is 56.7 Å². The first-order chi connectivity index (χ1) is 15.2. The van der Waals surface area contributed by atoms with Crippen LogP contribution in [0.15, 0.2) is 53.1 Å². The highest BCUT2D eigenvalue weighted by atomic mass is 19.4. The van der Waals surface area contributed by atoms with E-state index < -0.39 is 29.3 Å². The summed E-state index contributed by atoms with van der Waals surface area (Å²) in [7, 11) is 2.82. The topological polar surface area (TPSA) is 77.4 Å². The predicted molar refractivity (Wildman–Crippen MR) is 111 cm³/mol. The van der Waals surface area contributed by atoms with Crippen molar-refractivity contribution < 1.29 is 37.0 Å². The normalized spacial score (nSPS) is 15.1. The van der Waals surface area contributed by atoms with Gasteiger partial charge in [-0.25, -0.2) is 4.79 Å². The number of anilines is 1. The van der Waals surface area contributed by atoms with Gasteiger partial charge in [-0.05, 0) is 55.0 Å². The maximum Gasteiger partial charge on any atom is 0.435 e. The number of rotatable bonds is 6. The molecule has 1 amide bonds. The van der Waals surface area contributed by atoms with E-state index in [1.807, 2.05) is 0 Å². The Labute approximate surface area is 181 Å². The van der Waals surface area contributed by atoms with Gasteiger partial charge < -0.3 is 14.2 Å². The molecule has 0 aliphatic carbocycles. The molecule has 32 heavy (non-hydrogen) atoms. The monoisotopic (exact) mass is 448 g/mol. The first kappa shape index (κ1) is 22.9. The molecular formula is C22H19F3N2O5. The summed E-state index contributed by atoms with van der Waals surface area (Å²) in [6, 6.07) is 9.79. The van der Waals surface area contributed by atoms with Crippen molar-refractivity contribution in [2.24, 2.45) is 5.10 Å². The largest absolute Gasteiger partial charge is 0.493 e. The van der Waals surface area contributed by atoms with Gasteiger partial charge >= 0.3 is 12.1 Å². The third-order valence-electron chi connectivity index (χ3n) is 4.49. The number of hydrogen-bond acceptors (Lipinski definition) is 6. The van der Waals surface area contributed by atoms with Crippen LogP contribution in [0, 0.1) is 0 Å². The third kappa shape index (κ3) is 4.58. The van der Waals surface area contributed by atoms with Gasteiger partial charge in [0.2, 0.25) is 0 Å². The van der Waals surface area contributed by atoms with Crippen molar-refractivity contribution in [1.29, 1.82) is 0 Å². The predicted octanol–water partition coefficient (Wildman–Crippen LogP) is 4.23.